The molecule has 0 aliphatic rings. The standard InChI is InChI=1S/C7H16O2/c1-5(7(3)9)4-6(2)8/h5-9H,4H2,1-3H3/t5?,6-,7+/m1/s1. The lowest BCUT2D eigenvalue weighted by atomic mass is 10.00. The van der Waals surface area contributed by atoms with Crippen LogP contribution in [-0.2, 0) is 0 Å². The van der Waals surface area contributed by atoms with E-state index in [0.717, 1.165) is 0 Å². The van der Waals surface area contributed by atoms with E-state index in [-0.39, 0.29) is 18.1 Å². The minimum Gasteiger partial charge on any atom is -0.393 e. The molecular formula is C7H16O2. The third-order valence-corrected chi connectivity index (χ3v) is 1.54. The van der Waals surface area contributed by atoms with Crippen LogP contribution in [0, 0.1) is 5.92 Å². The molecule has 0 amide bonds. The van der Waals surface area contributed by atoms with Crippen molar-refractivity contribution in [3.05, 3.63) is 0 Å². The van der Waals surface area contributed by atoms with Crippen LogP contribution in [0.2, 0.25) is 0 Å². The molecule has 0 heterocycles. The number of hydrogen-bond donors (Lipinski definition) is 2. The molecule has 3 atom stereocenters. The second-order valence-electron chi connectivity index (χ2n) is 2.80. The summed E-state index contributed by atoms with van der Waals surface area (Å²) in [7, 11) is 0. The molecule has 0 saturated carbocycles. The summed E-state index contributed by atoms with van der Waals surface area (Å²) in [6, 6.07) is 0. The van der Waals surface area contributed by atoms with E-state index in [1.165, 1.54) is 0 Å². The first-order valence-electron chi connectivity index (χ1n) is 3.40. The lowest BCUT2D eigenvalue weighted by Crippen LogP contribution is -2.17. The van der Waals surface area contributed by atoms with Crippen LogP contribution in [-0.4, -0.2) is 22.4 Å². The van der Waals surface area contributed by atoms with Gasteiger partial charge in [-0.1, -0.05) is 6.92 Å². The molecular weight excluding hydrogens is 116 g/mol. The van der Waals surface area contributed by atoms with Gasteiger partial charge in [0.1, 0.15) is 0 Å². The van der Waals surface area contributed by atoms with Crippen molar-refractivity contribution in [2.75, 3.05) is 0 Å². The largest absolute Gasteiger partial charge is 0.393 e. The molecule has 0 radical (unpaired) electrons. The maximum atomic E-state index is 8.96. The van der Waals surface area contributed by atoms with Gasteiger partial charge in [0.2, 0.25) is 0 Å². The molecule has 2 heteroatoms. The Bertz CT molecular complexity index is 69.3. The van der Waals surface area contributed by atoms with Crippen LogP contribution in [0.15, 0.2) is 0 Å². The van der Waals surface area contributed by atoms with Crippen molar-refractivity contribution < 1.29 is 10.2 Å². The topological polar surface area (TPSA) is 40.5 Å². The zero-order chi connectivity index (χ0) is 7.44. The number of aliphatic hydroxyl groups is 2. The van der Waals surface area contributed by atoms with Gasteiger partial charge >= 0.3 is 0 Å². The Morgan fingerprint density at radius 3 is 1.67 bits per heavy atom. The lowest BCUT2D eigenvalue weighted by Gasteiger charge is -2.15. The van der Waals surface area contributed by atoms with Gasteiger partial charge in [-0.25, -0.2) is 0 Å². The minimum absolute atomic E-state index is 0.199. The molecule has 9 heavy (non-hydrogen) atoms. The van der Waals surface area contributed by atoms with Crippen LogP contribution in [0.4, 0.5) is 0 Å². The van der Waals surface area contributed by atoms with Crippen molar-refractivity contribution in [1.82, 2.24) is 0 Å². The summed E-state index contributed by atoms with van der Waals surface area (Å²) in [5.74, 6) is 0.199. The molecule has 0 aliphatic heterocycles. The Kier molecular flexibility index (Phi) is 3.82. The van der Waals surface area contributed by atoms with Crippen molar-refractivity contribution in [3.63, 3.8) is 0 Å². The highest BCUT2D eigenvalue weighted by atomic mass is 16.3. The summed E-state index contributed by atoms with van der Waals surface area (Å²) < 4.78 is 0. The molecule has 0 spiro atoms. The van der Waals surface area contributed by atoms with E-state index in [9.17, 15) is 0 Å². The van der Waals surface area contributed by atoms with E-state index in [1.807, 2.05) is 6.92 Å². The second kappa shape index (κ2) is 3.85. The maximum Gasteiger partial charge on any atom is 0.0538 e. The lowest BCUT2D eigenvalue weighted by molar-refractivity contribution is 0.0876. The zero-order valence-electron chi connectivity index (χ0n) is 6.33. The molecule has 0 fully saturated rings. The molecule has 2 nitrogen and oxygen atoms in total. The molecule has 0 rings (SSSR count). The van der Waals surface area contributed by atoms with Gasteiger partial charge in [-0.05, 0) is 26.2 Å². The fraction of sp³-hybridized carbons (Fsp3) is 1.00. The first kappa shape index (κ1) is 8.92. The normalized spacial score (nSPS) is 21.0. The fourth-order valence-electron chi connectivity index (χ4n) is 0.735. The Morgan fingerprint density at radius 2 is 1.56 bits per heavy atom. The van der Waals surface area contributed by atoms with Crippen molar-refractivity contribution in [3.8, 4) is 0 Å². The van der Waals surface area contributed by atoms with Gasteiger partial charge in [-0.3, -0.25) is 0 Å². The van der Waals surface area contributed by atoms with E-state index in [2.05, 4.69) is 0 Å². The molecule has 2 N–H and O–H groups in total. The summed E-state index contributed by atoms with van der Waals surface area (Å²) in [6.45, 7) is 5.41. The van der Waals surface area contributed by atoms with Crippen molar-refractivity contribution in [1.29, 1.82) is 0 Å². The molecule has 0 saturated heterocycles. The highest BCUT2D eigenvalue weighted by Gasteiger charge is 2.10. The molecule has 1 unspecified atom stereocenters. The molecule has 0 aliphatic carbocycles. The van der Waals surface area contributed by atoms with Gasteiger partial charge < -0.3 is 10.2 Å². The third kappa shape index (κ3) is 4.43. The Labute approximate surface area is 56.5 Å². The van der Waals surface area contributed by atoms with Gasteiger partial charge in [0.15, 0.2) is 0 Å². The Morgan fingerprint density at radius 1 is 1.11 bits per heavy atom. The quantitative estimate of drug-likeness (QED) is 0.595. The predicted octanol–water partition coefficient (Wildman–Crippen LogP) is 0.774. The highest BCUT2D eigenvalue weighted by molar-refractivity contribution is 4.61. The fourth-order valence-corrected chi connectivity index (χ4v) is 0.735. The minimum atomic E-state index is -0.306. The van der Waals surface area contributed by atoms with Crippen molar-refractivity contribution in [2.45, 2.75) is 39.4 Å². The maximum absolute atomic E-state index is 8.96. The first-order chi connectivity index (χ1) is 4.04. The smallest absolute Gasteiger partial charge is 0.0538 e. The van der Waals surface area contributed by atoms with Gasteiger partial charge in [-0.15, -0.1) is 0 Å². The molecule has 0 aromatic carbocycles. The van der Waals surface area contributed by atoms with Crippen LogP contribution in [0.5, 0.6) is 0 Å². The average Bonchev–Trinajstić information content (AvgIpc) is 1.63. The van der Waals surface area contributed by atoms with Crippen LogP contribution >= 0.6 is 0 Å². The summed E-state index contributed by atoms with van der Waals surface area (Å²) >= 11 is 0. The van der Waals surface area contributed by atoms with Crippen LogP contribution in [0.25, 0.3) is 0 Å². The number of hydrogen-bond acceptors (Lipinski definition) is 2. The van der Waals surface area contributed by atoms with Gasteiger partial charge in [0, 0.05) is 0 Å². The molecule has 56 valence electrons. The van der Waals surface area contributed by atoms with Crippen LogP contribution < -0.4 is 0 Å². The summed E-state index contributed by atoms with van der Waals surface area (Å²) in [5.41, 5.74) is 0. The molecule has 0 aromatic heterocycles. The first-order valence-corrected chi connectivity index (χ1v) is 3.40. The van der Waals surface area contributed by atoms with E-state index in [0.29, 0.717) is 6.42 Å². The van der Waals surface area contributed by atoms with Crippen molar-refractivity contribution in [2.24, 2.45) is 5.92 Å². The van der Waals surface area contributed by atoms with E-state index in [1.54, 1.807) is 13.8 Å². The number of rotatable bonds is 3. The summed E-state index contributed by atoms with van der Waals surface area (Å²) in [4.78, 5) is 0. The number of aliphatic hydroxyl groups excluding tert-OH is 2. The van der Waals surface area contributed by atoms with Crippen LogP contribution in [0.3, 0.4) is 0 Å². The van der Waals surface area contributed by atoms with Crippen LogP contribution in [0.1, 0.15) is 27.2 Å². The zero-order valence-corrected chi connectivity index (χ0v) is 6.33. The average molecular weight is 132 g/mol. The highest BCUT2D eigenvalue weighted by Crippen LogP contribution is 2.09. The monoisotopic (exact) mass is 132 g/mol. The molecule has 0 aromatic rings. The third-order valence-electron chi connectivity index (χ3n) is 1.54. The van der Waals surface area contributed by atoms with E-state index in [4.69, 9.17) is 10.2 Å². The second-order valence-corrected chi connectivity index (χ2v) is 2.80. The SMILES string of the molecule is CC(C[C@@H](C)O)[C@H](C)O. The van der Waals surface area contributed by atoms with Gasteiger partial charge in [0.25, 0.3) is 0 Å². The molecule has 0 bridgehead atoms. The predicted molar refractivity (Wildman–Crippen MR) is 37.1 cm³/mol. The van der Waals surface area contributed by atoms with Crippen molar-refractivity contribution >= 4 is 0 Å². The van der Waals surface area contributed by atoms with E-state index < -0.39 is 0 Å². The summed E-state index contributed by atoms with van der Waals surface area (Å²) in [6.07, 6.45) is 0.0756. The Hall–Kier alpha value is -0.0800. The summed E-state index contributed by atoms with van der Waals surface area (Å²) in [5, 5.41) is 17.8. The van der Waals surface area contributed by atoms with Gasteiger partial charge in [-0.2, -0.15) is 0 Å². The van der Waals surface area contributed by atoms with E-state index >= 15 is 0 Å². The Balaban J connectivity index is 3.38. The van der Waals surface area contributed by atoms with Gasteiger partial charge in [0.05, 0.1) is 12.2 Å².